The second-order valence-electron chi connectivity index (χ2n) is 3.40. The number of nitrogens with zero attached hydrogens (tertiary/aromatic N) is 1. The van der Waals surface area contributed by atoms with Gasteiger partial charge in [-0.05, 0) is 18.2 Å². The topological polar surface area (TPSA) is 42.0 Å². The van der Waals surface area contributed by atoms with Gasteiger partial charge in [-0.2, -0.15) is 0 Å². The van der Waals surface area contributed by atoms with Crippen LogP contribution in [-0.4, -0.2) is 10.9 Å². The molecule has 4 heteroatoms. The zero-order valence-corrected chi connectivity index (χ0v) is 10.4. The molecule has 0 aliphatic rings. The van der Waals surface area contributed by atoms with Gasteiger partial charge < -0.3 is 5.32 Å². The molecular formula is C12H11BrN2O. The highest BCUT2D eigenvalue weighted by Gasteiger charge is 2.07. The van der Waals surface area contributed by atoms with Crippen molar-refractivity contribution in [3.05, 3.63) is 34.9 Å². The van der Waals surface area contributed by atoms with Crippen LogP contribution in [0.25, 0.3) is 10.9 Å². The second-order valence-corrected chi connectivity index (χ2v) is 4.25. The fourth-order valence-electron chi connectivity index (χ4n) is 1.48. The fraction of sp³-hybridized carbons (Fsp3) is 0.167. The number of pyridine rings is 1. The molecule has 0 aliphatic carbocycles. The van der Waals surface area contributed by atoms with Crippen LogP contribution < -0.4 is 5.32 Å². The van der Waals surface area contributed by atoms with Gasteiger partial charge in [0, 0.05) is 22.5 Å². The molecule has 16 heavy (non-hydrogen) atoms. The SMILES string of the molecule is CCC(=O)Nc1ccc(Br)c2cccnc12. The van der Waals surface area contributed by atoms with E-state index >= 15 is 0 Å². The van der Waals surface area contributed by atoms with E-state index in [2.05, 4.69) is 26.2 Å². The third-order valence-corrected chi connectivity index (χ3v) is 3.00. The van der Waals surface area contributed by atoms with Gasteiger partial charge >= 0.3 is 0 Å². The lowest BCUT2D eigenvalue weighted by molar-refractivity contribution is -0.115. The van der Waals surface area contributed by atoms with Gasteiger partial charge in [0.25, 0.3) is 0 Å². The summed E-state index contributed by atoms with van der Waals surface area (Å²) < 4.78 is 0.977. The Morgan fingerprint density at radius 3 is 3.00 bits per heavy atom. The maximum absolute atomic E-state index is 11.4. The molecule has 1 heterocycles. The quantitative estimate of drug-likeness (QED) is 0.916. The molecule has 1 N–H and O–H groups in total. The molecule has 0 unspecified atom stereocenters. The van der Waals surface area contributed by atoms with Crippen molar-refractivity contribution in [2.45, 2.75) is 13.3 Å². The van der Waals surface area contributed by atoms with E-state index in [1.165, 1.54) is 0 Å². The van der Waals surface area contributed by atoms with Gasteiger partial charge in [-0.25, -0.2) is 0 Å². The maximum Gasteiger partial charge on any atom is 0.224 e. The van der Waals surface area contributed by atoms with Crippen molar-refractivity contribution in [2.24, 2.45) is 0 Å². The number of anilines is 1. The summed E-state index contributed by atoms with van der Waals surface area (Å²) in [7, 11) is 0. The molecule has 82 valence electrons. The Morgan fingerprint density at radius 2 is 2.25 bits per heavy atom. The molecule has 0 atom stereocenters. The number of rotatable bonds is 2. The number of aromatic nitrogens is 1. The Morgan fingerprint density at radius 1 is 1.44 bits per heavy atom. The van der Waals surface area contributed by atoms with Crippen LogP contribution in [0, 0.1) is 0 Å². The summed E-state index contributed by atoms with van der Waals surface area (Å²) in [6.45, 7) is 1.82. The summed E-state index contributed by atoms with van der Waals surface area (Å²) in [4.78, 5) is 15.6. The van der Waals surface area contributed by atoms with Crippen molar-refractivity contribution in [3.8, 4) is 0 Å². The van der Waals surface area contributed by atoms with Crippen molar-refractivity contribution < 1.29 is 4.79 Å². The van der Waals surface area contributed by atoms with Crippen LogP contribution in [-0.2, 0) is 4.79 Å². The van der Waals surface area contributed by atoms with Gasteiger partial charge in [-0.3, -0.25) is 9.78 Å². The zero-order chi connectivity index (χ0) is 11.5. The predicted molar refractivity (Wildman–Crippen MR) is 68.4 cm³/mol. The molecule has 1 aromatic carbocycles. The van der Waals surface area contributed by atoms with Gasteiger partial charge in [-0.15, -0.1) is 0 Å². The highest BCUT2D eigenvalue weighted by molar-refractivity contribution is 9.10. The van der Waals surface area contributed by atoms with E-state index < -0.39 is 0 Å². The van der Waals surface area contributed by atoms with E-state index in [9.17, 15) is 4.79 Å². The summed E-state index contributed by atoms with van der Waals surface area (Å²) in [6, 6.07) is 7.61. The molecular weight excluding hydrogens is 268 g/mol. The monoisotopic (exact) mass is 278 g/mol. The summed E-state index contributed by atoms with van der Waals surface area (Å²) in [5, 5.41) is 3.84. The number of hydrogen-bond donors (Lipinski definition) is 1. The molecule has 0 spiro atoms. The van der Waals surface area contributed by atoms with Gasteiger partial charge in [0.05, 0.1) is 11.2 Å². The largest absolute Gasteiger partial charge is 0.324 e. The molecule has 2 aromatic rings. The minimum atomic E-state index is -0.00530. The molecule has 0 fully saturated rings. The van der Waals surface area contributed by atoms with Crippen molar-refractivity contribution in [3.63, 3.8) is 0 Å². The molecule has 3 nitrogen and oxygen atoms in total. The van der Waals surface area contributed by atoms with Crippen LogP contribution in [0.5, 0.6) is 0 Å². The maximum atomic E-state index is 11.4. The number of fused-ring (bicyclic) bond motifs is 1. The number of halogens is 1. The lowest BCUT2D eigenvalue weighted by atomic mass is 10.2. The van der Waals surface area contributed by atoms with Gasteiger partial charge in [0.1, 0.15) is 0 Å². The average Bonchev–Trinajstić information content (AvgIpc) is 2.33. The Labute approximate surface area is 102 Å². The van der Waals surface area contributed by atoms with Crippen LogP contribution in [0.2, 0.25) is 0 Å². The first-order chi connectivity index (χ1) is 7.72. The van der Waals surface area contributed by atoms with Crippen LogP contribution in [0.15, 0.2) is 34.9 Å². The number of hydrogen-bond acceptors (Lipinski definition) is 2. The minimum Gasteiger partial charge on any atom is -0.324 e. The molecule has 2 rings (SSSR count). The average molecular weight is 279 g/mol. The van der Waals surface area contributed by atoms with Gasteiger partial charge in [0.15, 0.2) is 0 Å². The number of benzene rings is 1. The third-order valence-electron chi connectivity index (χ3n) is 2.31. The number of amides is 1. The van der Waals surface area contributed by atoms with Crippen molar-refractivity contribution >= 4 is 38.4 Å². The van der Waals surface area contributed by atoms with Crippen molar-refractivity contribution in [1.29, 1.82) is 0 Å². The van der Waals surface area contributed by atoms with E-state index in [-0.39, 0.29) is 5.91 Å². The summed E-state index contributed by atoms with van der Waals surface area (Å²) >= 11 is 3.46. The molecule has 0 saturated heterocycles. The molecule has 1 aromatic heterocycles. The Bertz CT molecular complexity index is 540. The first-order valence-electron chi connectivity index (χ1n) is 5.05. The van der Waals surface area contributed by atoms with Crippen LogP contribution in [0.4, 0.5) is 5.69 Å². The number of carbonyl (C=O) groups is 1. The summed E-state index contributed by atoms with van der Waals surface area (Å²) in [5.74, 6) is -0.00530. The highest BCUT2D eigenvalue weighted by atomic mass is 79.9. The minimum absolute atomic E-state index is 0.00530. The first-order valence-corrected chi connectivity index (χ1v) is 5.84. The lowest BCUT2D eigenvalue weighted by Gasteiger charge is -2.07. The Kier molecular flexibility index (Phi) is 3.19. The van der Waals surface area contributed by atoms with Crippen LogP contribution >= 0.6 is 15.9 Å². The van der Waals surface area contributed by atoms with E-state index in [4.69, 9.17) is 0 Å². The van der Waals surface area contributed by atoms with Crippen molar-refractivity contribution in [2.75, 3.05) is 5.32 Å². The Balaban J connectivity index is 2.54. The molecule has 0 radical (unpaired) electrons. The molecule has 0 bridgehead atoms. The molecule has 0 saturated carbocycles. The second kappa shape index (κ2) is 4.61. The standard InChI is InChI=1S/C12H11BrN2O/c1-2-11(16)15-10-6-5-9(13)8-4-3-7-14-12(8)10/h3-7H,2H2,1H3,(H,15,16). The first kappa shape index (κ1) is 11.1. The van der Waals surface area contributed by atoms with E-state index in [0.717, 1.165) is 21.1 Å². The third kappa shape index (κ3) is 2.07. The van der Waals surface area contributed by atoms with E-state index in [0.29, 0.717) is 6.42 Å². The van der Waals surface area contributed by atoms with E-state index in [1.807, 2.05) is 31.2 Å². The molecule has 0 aliphatic heterocycles. The normalized spacial score (nSPS) is 10.4. The number of nitrogens with one attached hydrogen (secondary N) is 1. The number of carbonyl (C=O) groups excluding carboxylic acids is 1. The van der Waals surface area contributed by atoms with Crippen LogP contribution in [0.3, 0.4) is 0 Å². The zero-order valence-electron chi connectivity index (χ0n) is 8.83. The fourth-order valence-corrected chi connectivity index (χ4v) is 1.93. The summed E-state index contributed by atoms with van der Waals surface area (Å²) in [5.41, 5.74) is 1.56. The van der Waals surface area contributed by atoms with Gasteiger partial charge in [-0.1, -0.05) is 28.9 Å². The van der Waals surface area contributed by atoms with E-state index in [1.54, 1.807) is 6.20 Å². The van der Waals surface area contributed by atoms with Gasteiger partial charge in [0.2, 0.25) is 5.91 Å². The molecule has 1 amide bonds. The van der Waals surface area contributed by atoms with Crippen LogP contribution in [0.1, 0.15) is 13.3 Å². The predicted octanol–water partition coefficient (Wildman–Crippen LogP) is 3.35. The highest BCUT2D eigenvalue weighted by Crippen LogP contribution is 2.28. The summed E-state index contributed by atoms with van der Waals surface area (Å²) in [6.07, 6.45) is 2.18. The smallest absolute Gasteiger partial charge is 0.224 e. The van der Waals surface area contributed by atoms with Crippen molar-refractivity contribution in [1.82, 2.24) is 4.98 Å². The lowest BCUT2D eigenvalue weighted by Crippen LogP contribution is -2.10. The Hall–Kier alpha value is -1.42.